The lowest BCUT2D eigenvalue weighted by Crippen LogP contribution is -2.24. The highest BCUT2D eigenvalue weighted by Gasteiger charge is 2.08. The quantitative estimate of drug-likeness (QED) is 0.624. The summed E-state index contributed by atoms with van der Waals surface area (Å²) in [5.41, 5.74) is 1.54. The number of carbonyl (C=O) groups is 1. The zero-order chi connectivity index (χ0) is 14.2. The molecule has 1 amide bonds. The van der Waals surface area contributed by atoms with Crippen LogP contribution in [-0.4, -0.2) is 27.6 Å². The van der Waals surface area contributed by atoms with Gasteiger partial charge in [0.25, 0.3) is 5.91 Å². The number of nitrogens with zero attached hydrogens (tertiary/aromatic N) is 2. The summed E-state index contributed by atoms with van der Waals surface area (Å²) in [5, 5.41) is 8.15. The average Bonchev–Trinajstić information content (AvgIpc) is 2.98. The SMILES string of the molecule is O=C(NCCCCCBr)c1cnn(-c2ccccc2)c1. The Morgan fingerprint density at radius 1 is 1.20 bits per heavy atom. The first-order valence-electron chi connectivity index (χ1n) is 6.75. The molecule has 106 valence electrons. The predicted molar refractivity (Wildman–Crippen MR) is 83.5 cm³/mol. The second-order valence-electron chi connectivity index (χ2n) is 4.51. The maximum atomic E-state index is 11.9. The van der Waals surface area contributed by atoms with Crippen molar-refractivity contribution in [1.82, 2.24) is 15.1 Å². The second-order valence-corrected chi connectivity index (χ2v) is 5.31. The Balaban J connectivity index is 1.87. The van der Waals surface area contributed by atoms with E-state index in [-0.39, 0.29) is 5.91 Å². The summed E-state index contributed by atoms with van der Waals surface area (Å²) >= 11 is 3.39. The van der Waals surface area contributed by atoms with Crippen LogP contribution < -0.4 is 5.32 Å². The van der Waals surface area contributed by atoms with Gasteiger partial charge >= 0.3 is 0 Å². The van der Waals surface area contributed by atoms with Crippen LogP contribution in [-0.2, 0) is 0 Å². The molecule has 4 nitrogen and oxygen atoms in total. The van der Waals surface area contributed by atoms with Crippen molar-refractivity contribution in [2.75, 3.05) is 11.9 Å². The Bertz CT molecular complexity index is 539. The molecule has 1 heterocycles. The van der Waals surface area contributed by atoms with E-state index < -0.39 is 0 Å². The third-order valence-corrected chi connectivity index (χ3v) is 3.52. The molecule has 5 heteroatoms. The first-order valence-corrected chi connectivity index (χ1v) is 7.87. The van der Waals surface area contributed by atoms with Crippen LogP contribution in [0.25, 0.3) is 5.69 Å². The number of carbonyl (C=O) groups excluding carboxylic acids is 1. The van der Waals surface area contributed by atoms with E-state index in [1.165, 1.54) is 0 Å². The maximum Gasteiger partial charge on any atom is 0.254 e. The summed E-state index contributed by atoms with van der Waals surface area (Å²) in [5.74, 6) is -0.0639. The van der Waals surface area contributed by atoms with Crippen molar-refractivity contribution >= 4 is 21.8 Å². The fourth-order valence-corrected chi connectivity index (χ4v) is 2.26. The van der Waals surface area contributed by atoms with Crippen molar-refractivity contribution in [2.45, 2.75) is 19.3 Å². The predicted octanol–water partition coefficient (Wildman–Crippen LogP) is 3.17. The zero-order valence-electron chi connectivity index (χ0n) is 11.3. The molecular formula is C15H18BrN3O. The third-order valence-electron chi connectivity index (χ3n) is 2.96. The molecule has 0 atom stereocenters. The van der Waals surface area contributed by atoms with Crippen molar-refractivity contribution in [3.05, 3.63) is 48.3 Å². The van der Waals surface area contributed by atoms with E-state index in [1.807, 2.05) is 30.3 Å². The van der Waals surface area contributed by atoms with Crippen LogP contribution in [0, 0.1) is 0 Å². The summed E-state index contributed by atoms with van der Waals surface area (Å²) in [6.07, 6.45) is 6.62. The van der Waals surface area contributed by atoms with Gasteiger partial charge in [-0.25, -0.2) is 4.68 Å². The van der Waals surface area contributed by atoms with Gasteiger partial charge in [-0.05, 0) is 25.0 Å². The van der Waals surface area contributed by atoms with Gasteiger partial charge in [0, 0.05) is 18.1 Å². The van der Waals surface area contributed by atoms with Crippen LogP contribution in [0.3, 0.4) is 0 Å². The van der Waals surface area contributed by atoms with E-state index in [1.54, 1.807) is 17.1 Å². The minimum absolute atomic E-state index is 0.0639. The molecule has 1 aromatic heterocycles. The van der Waals surface area contributed by atoms with Crippen LogP contribution in [0.2, 0.25) is 0 Å². The molecule has 0 saturated carbocycles. The van der Waals surface area contributed by atoms with Gasteiger partial charge < -0.3 is 5.32 Å². The fourth-order valence-electron chi connectivity index (χ4n) is 1.86. The largest absolute Gasteiger partial charge is 0.352 e. The van der Waals surface area contributed by atoms with Crippen LogP contribution in [0.4, 0.5) is 0 Å². The molecule has 1 N–H and O–H groups in total. The van der Waals surface area contributed by atoms with E-state index in [4.69, 9.17) is 0 Å². The maximum absolute atomic E-state index is 11.9. The topological polar surface area (TPSA) is 46.9 Å². The molecular weight excluding hydrogens is 318 g/mol. The normalized spacial score (nSPS) is 10.4. The number of benzene rings is 1. The Morgan fingerprint density at radius 3 is 2.75 bits per heavy atom. The highest BCUT2D eigenvalue weighted by molar-refractivity contribution is 9.09. The highest BCUT2D eigenvalue weighted by Crippen LogP contribution is 2.07. The third kappa shape index (κ3) is 4.20. The highest BCUT2D eigenvalue weighted by atomic mass is 79.9. The number of hydrogen-bond acceptors (Lipinski definition) is 2. The molecule has 2 rings (SSSR count). The molecule has 0 radical (unpaired) electrons. The molecule has 0 fully saturated rings. The summed E-state index contributed by atoms with van der Waals surface area (Å²) in [6.45, 7) is 0.711. The van der Waals surface area contributed by atoms with Crippen molar-refractivity contribution < 1.29 is 4.79 Å². The first kappa shape index (κ1) is 14.8. The molecule has 0 spiro atoms. The molecule has 20 heavy (non-hydrogen) atoms. The monoisotopic (exact) mass is 335 g/mol. The molecule has 0 saturated heterocycles. The average molecular weight is 336 g/mol. The number of nitrogens with one attached hydrogen (secondary N) is 1. The molecule has 0 bridgehead atoms. The number of para-hydroxylation sites is 1. The van der Waals surface area contributed by atoms with Gasteiger partial charge in [0.2, 0.25) is 0 Å². The van der Waals surface area contributed by atoms with E-state index in [9.17, 15) is 4.79 Å². The molecule has 0 unspecified atom stereocenters. The fraction of sp³-hybridized carbons (Fsp3) is 0.333. The Labute approximate surface area is 127 Å². The number of alkyl halides is 1. The van der Waals surface area contributed by atoms with Gasteiger partial charge in [0.15, 0.2) is 0 Å². The summed E-state index contributed by atoms with van der Waals surface area (Å²) in [4.78, 5) is 11.9. The van der Waals surface area contributed by atoms with E-state index in [0.717, 1.165) is 30.3 Å². The molecule has 1 aromatic carbocycles. The van der Waals surface area contributed by atoms with E-state index >= 15 is 0 Å². The lowest BCUT2D eigenvalue weighted by Gasteiger charge is -2.02. The van der Waals surface area contributed by atoms with E-state index in [2.05, 4.69) is 26.3 Å². The number of aromatic nitrogens is 2. The van der Waals surface area contributed by atoms with Gasteiger partial charge in [-0.2, -0.15) is 5.10 Å². The second kappa shape index (κ2) is 7.85. The summed E-state index contributed by atoms with van der Waals surface area (Å²) < 4.78 is 1.71. The lowest BCUT2D eigenvalue weighted by molar-refractivity contribution is 0.0953. The summed E-state index contributed by atoms with van der Waals surface area (Å²) in [6, 6.07) is 9.75. The number of amides is 1. The van der Waals surface area contributed by atoms with Gasteiger partial charge in [-0.15, -0.1) is 0 Å². The van der Waals surface area contributed by atoms with Crippen LogP contribution in [0.15, 0.2) is 42.7 Å². The molecule has 0 aliphatic rings. The van der Waals surface area contributed by atoms with Crippen molar-refractivity contribution in [2.24, 2.45) is 0 Å². The Hall–Kier alpha value is -1.62. The first-order chi connectivity index (χ1) is 9.81. The molecule has 2 aromatic rings. The number of rotatable bonds is 7. The van der Waals surface area contributed by atoms with E-state index in [0.29, 0.717) is 12.1 Å². The lowest BCUT2D eigenvalue weighted by atomic mass is 10.2. The Kier molecular flexibility index (Phi) is 5.80. The molecule has 0 aliphatic heterocycles. The standard InChI is InChI=1S/C15H18BrN3O/c16-9-5-2-6-10-17-15(20)13-11-18-19(12-13)14-7-3-1-4-8-14/h1,3-4,7-8,11-12H,2,5-6,9-10H2,(H,17,20). The zero-order valence-corrected chi connectivity index (χ0v) is 12.8. The number of halogens is 1. The van der Waals surface area contributed by atoms with Gasteiger partial charge in [-0.3, -0.25) is 4.79 Å². The van der Waals surface area contributed by atoms with Crippen molar-refractivity contribution in [3.8, 4) is 5.69 Å². The van der Waals surface area contributed by atoms with Gasteiger partial charge in [0.05, 0.1) is 17.4 Å². The van der Waals surface area contributed by atoms with Crippen LogP contribution >= 0.6 is 15.9 Å². The summed E-state index contributed by atoms with van der Waals surface area (Å²) in [7, 11) is 0. The minimum Gasteiger partial charge on any atom is -0.352 e. The van der Waals surface area contributed by atoms with Crippen molar-refractivity contribution in [1.29, 1.82) is 0 Å². The van der Waals surface area contributed by atoms with Crippen molar-refractivity contribution in [3.63, 3.8) is 0 Å². The smallest absolute Gasteiger partial charge is 0.254 e. The number of unbranched alkanes of at least 4 members (excludes halogenated alkanes) is 2. The number of hydrogen-bond donors (Lipinski definition) is 1. The molecule has 0 aliphatic carbocycles. The Morgan fingerprint density at radius 2 is 2.00 bits per heavy atom. The van der Waals surface area contributed by atoms with Crippen LogP contribution in [0.1, 0.15) is 29.6 Å². The minimum atomic E-state index is -0.0639. The van der Waals surface area contributed by atoms with Gasteiger partial charge in [-0.1, -0.05) is 40.5 Å². The van der Waals surface area contributed by atoms with Gasteiger partial charge in [0.1, 0.15) is 0 Å². The van der Waals surface area contributed by atoms with Crippen LogP contribution in [0.5, 0.6) is 0 Å².